The number of halogens is 1. The predicted molar refractivity (Wildman–Crippen MR) is 123 cm³/mol. The van der Waals surface area contributed by atoms with E-state index in [9.17, 15) is 0 Å². The van der Waals surface area contributed by atoms with Gasteiger partial charge in [-0.1, -0.05) is 13.3 Å². The quantitative estimate of drug-likeness (QED) is 0.341. The Morgan fingerprint density at radius 1 is 1.30 bits per heavy atom. The third-order valence-electron chi connectivity index (χ3n) is 5.18. The Morgan fingerprint density at radius 3 is 2.56 bits per heavy atom. The van der Waals surface area contributed by atoms with Crippen LogP contribution in [-0.2, 0) is 6.54 Å². The van der Waals surface area contributed by atoms with Crippen LogP contribution >= 0.6 is 24.0 Å². The van der Waals surface area contributed by atoms with E-state index in [2.05, 4.69) is 41.0 Å². The highest BCUT2D eigenvalue weighted by Gasteiger charge is 2.21. The largest absolute Gasteiger partial charge is 0.444 e. The summed E-state index contributed by atoms with van der Waals surface area (Å²) in [7, 11) is 2.14. The van der Waals surface area contributed by atoms with Gasteiger partial charge in [0.2, 0.25) is 5.89 Å². The minimum atomic E-state index is 0. The zero-order valence-electron chi connectivity index (χ0n) is 17.8. The van der Waals surface area contributed by atoms with E-state index in [-0.39, 0.29) is 24.0 Å². The van der Waals surface area contributed by atoms with Crippen LogP contribution in [0.2, 0.25) is 0 Å². The molecule has 0 atom stereocenters. The summed E-state index contributed by atoms with van der Waals surface area (Å²) in [6.45, 7) is 14.3. The van der Waals surface area contributed by atoms with E-state index in [0.29, 0.717) is 5.92 Å². The Kier molecular flexibility index (Phi) is 11.3. The van der Waals surface area contributed by atoms with Crippen LogP contribution in [0.3, 0.4) is 0 Å². The fourth-order valence-electron chi connectivity index (χ4n) is 3.31. The van der Waals surface area contributed by atoms with E-state index in [4.69, 9.17) is 9.41 Å². The van der Waals surface area contributed by atoms with Crippen molar-refractivity contribution in [2.45, 2.75) is 59.9 Å². The van der Waals surface area contributed by atoms with Crippen LogP contribution in [0.1, 0.15) is 56.9 Å². The van der Waals surface area contributed by atoms with Gasteiger partial charge >= 0.3 is 0 Å². The second-order valence-electron chi connectivity index (χ2n) is 7.44. The number of guanidine groups is 1. The first kappa shape index (κ1) is 24.2. The van der Waals surface area contributed by atoms with Gasteiger partial charge in [0.1, 0.15) is 5.76 Å². The molecule has 1 aromatic heterocycles. The van der Waals surface area contributed by atoms with E-state index in [1.807, 2.05) is 13.8 Å². The topological polar surface area (TPSA) is 56.9 Å². The molecule has 0 amide bonds. The van der Waals surface area contributed by atoms with Gasteiger partial charge in [0, 0.05) is 26.7 Å². The number of aryl methyl sites for hydroxylation is 2. The lowest BCUT2D eigenvalue weighted by atomic mass is 9.97. The second-order valence-corrected chi connectivity index (χ2v) is 7.44. The van der Waals surface area contributed by atoms with Crippen molar-refractivity contribution in [2.75, 3.05) is 39.8 Å². The minimum Gasteiger partial charge on any atom is -0.444 e. The Morgan fingerprint density at radius 2 is 2.00 bits per heavy atom. The highest BCUT2D eigenvalue weighted by Crippen LogP contribution is 2.20. The summed E-state index contributed by atoms with van der Waals surface area (Å²) in [5.41, 5.74) is 1.01. The third kappa shape index (κ3) is 7.97. The molecule has 1 aromatic rings. The number of rotatable bonds is 8. The fraction of sp³-hybridized carbons (Fsp3) is 0.800. The summed E-state index contributed by atoms with van der Waals surface area (Å²) in [6, 6.07) is 0. The van der Waals surface area contributed by atoms with E-state index in [0.717, 1.165) is 62.6 Å². The highest BCUT2D eigenvalue weighted by molar-refractivity contribution is 14.0. The molecule has 0 bridgehead atoms. The van der Waals surface area contributed by atoms with Crippen molar-refractivity contribution in [3.05, 3.63) is 17.3 Å². The number of hydrogen-bond donors (Lipinski definition) is 1. The number of aliphatic imine (C=N–C) groups is 1. The van der Waals surface area contributed by atoms with Crippen molar-refractivity contribution in [2.24, 2.45) is 10.9 Å². The molecular weight excluding hydrogens is 453 g/mol. The molecule has 1 N–H and O–H groups in total. The molecule has 0 unspecified atom stereocenters. The average Bonchev–Trinajstić information content (AvgIpc) is 2.95. The summed E-state index contributed by atoms with van der Waals surface area (Å²) in [4.78, 5) is 14.1. The standard InChI is InChI=1S/C20H37N5O.HI/c1-6-8-11-24(5)20(21-7-2)22-14-18-9-12-25(13-10-18)15-19-23-16(3)17(4)26-19;/h18H,6-15H2,1-5H3,(H,21,22);1H. The average molecular weight is 491 g/mol. The molecule has 6 nitrogen and oxygen atoms in total. The first-order valence-corrected chi connectivity index (χ1v) is 10.2. The molecule has 0 radical (unpaired) electrons. The maximum atomic E-state index is 5.72. The van der Waals surface area contributed by atoms with Crippen molar-refractivity contribution >= 4 is 29.9 Å². The van der Waals surface area contributed by atoms with Crippen LogP contribution in [0.4, 0.5) is 0 Å². The zero-order chi connectivity index (χ0) is 18.9. The van der Waals surface area contributed by atoms with Crippen LogP contribution in [-0.4, -0.2) is 60.5 Å². The third-order valence-corrected chi connectivity index (χ3v) is 5.18. The van der Waals surface area contributed by atoms with Gasteiger partial charge in [-0.25, -0.2) is 4.98 Å². The van der Waals surface area contributed by atoms with Crippen molar-refractivity contribution in [1.29, 1.82) is 0 Å². The molecule has 1 aliphatic heterocycles. The van der Waals surface area contributed by atoms with Crippen LogP contribution in [0.5, 0.6) is 0 Å². The lowest BCUT2D eigenvalue weighted by Gasteiger charge is -2.30. The summed E-state index contributed by atoms with van der Waals surface area (Å²) >= 11 is 0. The molecule has 1 saturated heterocycles. The number of likely N-dealkylation sites (tertiary alicyclic amines) is 1. The van der Waals surface area contributed by atoms with Gasteiger partial charge in [0.15, 0.2) is 5.96 Å². The molecule has 1 fully saturated rings. The SMILES string of the molecule is CCCCN(C)C(=NCC1CCN(Cc2nc(C)c(C)o2)CC1)NCC.I. The summed E-state index contributed by atoms with van der Waals surface area (Å²) in [6.07, 6.45) is 4.81. The Bertz CT molecular complexity index is 547. The molecule has 1 aliphatic rings. The number of piperidine rings is 1. The van der Waals surface area contributed by atoms with Crippen molar-refractivity contribution in [1.82, 2.24) is 20.1 Å². The van der Waals surface area contributed by atoms with Gasteiger partial charge in [0.05, 0.1) is 12.2 Å². The molecule has 0 aromatic carbocycles. The van der Waals surface area contributed by atoms with E-state index >= 15 is 0 Å². The lowest BCUT2D eigenvalue weighted by Crippen LogP contribution is -2.40. The number of nitrogens with zero attached hydrogens (tertiary/aromatic N) is 4. The number of oxazole rings is 1. The van der Waals surface area contributed by atoms with Gasteiger partial charge in [-0.2, -0.15) is 0 Å². The first-order chi connectivity index (χ1) is 12.5. The minimum absolute atomic E-state index is 0. The number of unbranched alkanes of at least 4 members (excludes halogenated alkanes) is 1. The number of hydrogen-bond acceptors (Lipinski definition) is 4. The number of aromatic nitrogens is 1. The van der Waals surface area contributed by atoms with Crippen LogP contribution in [0.25, 0.3) is 0 Å². The van der Waals surface area contributed by atoms with E-state index < -0.39 is 0 Å². The first-order valence-electron chi connectivity index (χ1n) is 10.2. The van der Waals surface area contributed by atoms with E-state index in [1.54, 1.807) is 0 Å². The van der Waals surface area contributed by atoms with Gasteiger partial charge < -0.3 is 14.6 Å². The molecule has 7 heteroatoms. The zero-order valence-corrected chi connectivity index (χ0v) is 20.1. The Hall–Kier alpha value is -0.830. The van der Waals surface area contributed by atoms with Crippen molar-refractivity contribution < 1.29 is 4.42 Å². The number of nitrogens with one attached hydrogen (secondary N) is 1. The highest BCUT2D eigenvalue weighted by atomic mass is 127. The molecule has 2 heterocycles. The molecular formula is C20H38IN5O. The van der Waals surface area contributed by atoms with Gasteiger partial charge in [-0.3, -0.25) is 9.89 Å². The summed E-state index contributed by atoms with van der Waals surface area (Å²) in [5, 5.41) is 3.42. The summed E-state index contributed by atoms with van der Waals surface area (Å²) in [5.74, 6) is 3.51. The maximum Gasteiger partial charge on any atom is 0.208 e. The predicted octanol–water partition coefficient (Wildman–Crippen LogP) is 3.82. The van der Waals surface area contributed by atoms with Crippen molar-refractivity contribution in [3.63, 3.8) is 0 Å². The summed E-state index contributed by atoms with van der Waals surface area (Å²) < 4.78 is 5.72. The maximum absolute atomic E-state index is 5.72. The van der Waals surface area contributed by atoms with Gasteiger partial charge in [0.25, 0.3) is 0 Å². The van der Waals surface area contributed by atoms with Crippen LogP contribution in [0, 0.1) is 19.8 Å². The second kappa shape index (κ2) is 12.6. The molecule has 0 spiro atoms. The fourth-order valence-corrected chi connectivity index (χ4v) is 3.31. The van der Waals surface area contributed by atoms with Gasteiger partial charge in [-0.05, 0) is 59.0 Å². The van der Waals surface area contributed by atoms with Gasteiger partial charge in [-0.15, -0.1) is 24.0 Å². The molecule has 0 aliphatic carbocycles. The molecule has 156 valence electrons. The monoisotopic (exact) mass is 491 g/mol. The Labute approximate surface area is 182 Å². The van der Waals surface area contributed by atoms with Crippen molar-refractivity contribution in [3.8, 4) is 0 Å². The van der Waals surface area contributed by atoms with E-state index in [1.165, 1.54) is 25.7 Å². The van der Waals surface area contributed by atoms with Crippen LogP contribution in [0.15, 0.2) is 9.41 Å². The van der Waals surface area contributed by atoms with Crippen LogP contribution < -0.4 is 5.32 Å². The smallest absolute Gasteiger partial charge is 0.208 e. The normalized spacial score (nSPS) is 16.3. The molecule has 0 saturated carbocycles. The molecule has 27 heavy (non-hydrogen) atoms. The lowest BCUT2D eigenvalue weighted by molar-refractivity contribution is 0.166. The molecule has 2 rings (SSSR count). The Balaban J connectivity index is 0.00000364.